The molecule has 2 rings (SSSR count). The number of hydrogen-bond donors (Lipinski definition) is 1. The van der Waals surface area contributed by atoms with Crippen molar-refractivity contribution in [2.24, 2.45) is 0 Å². The van der Waals surface area contributed by atoms with E-state index in [0.29, 0.717) is 0 Å². The van der Waals surface area contributed by atoms with Crippen LogP contribution in [0.4, 0.5) is 0 Å². The van der Waals surface area contributed by atoms with Gasteiger partial charge >= 0.3 is 0 Å². The minimum Gasteiger partial charge on any atom is -0.358 e. The van der Waals surface area contributed by atoms with Crippen molar-refractivity contribution < 1.29 is 0 Å². The summed E-state index contributed by atoms with van der Waals surface area (Å²) >= 11 is 0. The van der Waals surface area contributed by atoms with Gasteiger partial charge in [-0.25, -0.2) is 0 Å². The van der Waals surface area contributed by atoms with E-state index in [4.69, 9.17) is 0 Å². The standard InChI is InChI=1S/C17H24N2O/c1-6-19(7-2)10-14-13(5)18-15-9-11(3)8-12(4)16(15)17(14)20/h8-9H,6-7,10H2,1-5H3,(H,18,20). The van der Waals surface area contributed by atoms with Crippen LogP contribution in [0.25, 0.3) is 10.9 Å². The lowest BCUT2D eigenvalue weighted by Crippen LogP contribution is -2.27. The van der Waals surface area contributed by atoms with E-state index in [-0.39, 0.29) is 5.43 Å². The van der Waals surface area contributed by atoms with Crippen LogP contribution in [0.3, 0.4) is 0 Å². The predicted molar refractivity (Wildman–Crippen MR) is 85.4 cm³/mol. The third-order valence-electron chi connectivity index (χ3n) is 4.03. The quantitative estimate of drug-likeness (QED) is 0.927. The summed E-state index contributed by atoms with van der Waals surface area (Å²) in [6.07, 6.45) is 0. The molecule has 1 heterocycles. The molecule has 3 heteroatoms. The molecule has 108 valence electrons. The zero-order valence-corrected chi connectivity index (χ0v) is 13.1. The van der Waals surface area contributed by atoms with Crippen LogP contribution in [0.1, 0.15) is 36.2 Å². The number of benzene rings is 1. The van der Waals surface area contributed by atoms with Crippen LogP contribution in [0.5, 0.6) is 0 Å². The van der Waals surface area contributed by atoms with E-state index in [1.54, 1.807) is 0 Å². The molecule has 0 bridgehead atoms. The maximum Gasteiger partial charge on any atom is 0.194 e. The third kappa shape index (κ3) is 2.63. The molecule has 3 nitrogen and oxygen atoms in total. The van der Waals surface area contributed by atoms with Crippen molar-refractivity contribution in [3.63, 3.8) is 0 Å². The second-order valence-electron chi connectivity index (χ2n) is 5.52. The van der Waals surface area contributed by atoms with E-state index < -0.39 is 0 Å². The summed E-state index contributed by atoms with van der Waals surface area (Å²) in [4.78, 5) is 18.5. The van der Waals surface area contributed by atoms with Gasteiger partial charge in [0.2, 0.25) is 0 Å². The second kappa shape index (κ2) is 5.80. The number of hydrogen-bond acceptors (Lipinski definition) is 2. The second-order valence-corrected chi connectivity index (χ2v) is 5.52. The van der Waals surface area contributed by atoms with Crippen LogP contribution >= 0.6 is 0 Å². The number of aromatic nitrogens is 1. The van der Waals surface area contributed by atoms with Crippen LogP contribution in [0.15, 0.2) is 16.9 Å². The fourth-order valence-corrected chi connectivity index (χ4v) is 2.83. The van der Waals surface area contributed by atoms with E-state index in [1.165, 1.54) is 5.56 Å². The molecule has 0 aliphatic heterocycles. The van der Waals surface area contributed by atoms with Crippen molar-refractivity contribution in [1.82, 2.24) is 9.88 Å². The fraction of sp³-hybridized carbons (Fsp3) is 0.471. The van der Waals surface area contributed by atoms with Crippen molar-refractivity contribution >= 4 is 10.9 Å². The summed E-state index contributed by atoms with van der Waals surface area (Å²) in [5, 5.41) is 0.836. The average Bonchev–Trinajstić information content (AvgIpc) is 2.37. The Bertz CT molecular complexity index is 681. The smallest absolute Gasteiger partial charge is 0.194 e. The molecule has 0 fully saturated rings. The molecule has 0 amide bonds. The first-order valence-corrected chi connectivity index (χ1v) is 7.33. The first-order chi connectivity index (χ1) is 9.47. The molecule has 0 saturated carbocycles. The number of aromatic amines is 1. The number of rotatable bonds is 4. The highest BCUT2D eigenvalue weighted by molar-refractivity contribution is 5.83. The van der Waals surface area contributed by atoms with Crippen LogP contribution in [0, 0.1) is 20.8 Å². The van der Waals surface area contributed by atoms with Gasteiger partial charge in [0.1, 0.15) is 0 Å². The molecule has 0 radical (unpaired) electrons. The Morgan fingerprint density at radius 2 is 1.75 bits per heavy atom. The van der Waals surface area contributed by atoms with Gasteiger partial charge in [-0.05, 0) is 51.1 Å². The highest BCUT2D eigenvalue weighted by Crippen LogP contribution is 2.18. The Balaban J connectivity index is 2.65. The summed E-state index contributed by atoms with van der Waals surface area (Å²) in [5.41, 5.74) is 5.25. The normalized spacial score (nSPS) is 11.5. The van der Waals surface area contributed by atoms with Crippen molar-refractivity contribution in [2.45, 2.75) is 41.2 Å². The third-order valence-corrected chi connectivity index (χ3v) is 4.03. The zero-order chi connectivity index (χ0) is 14.9. The molecule has 2 aromatic rings. The molecular formula is C17H24N2O. The van der Waals surface area contributed by atoms with Gasteiger partial charge in [0.25, 0.3) is 0 Å². The molecular weight excluding hydrogens is 248 g/mol. The molecule has 0 unspecified atom stereocenters. The highest BCUT2D eigenvalue weighted by Gasteiger charge is 2.13. The molecule has 0 aliphatic rings. The van der Waals surface area contributed by atoms with E-state index in [2.05, 4.69) is 42.8 Å². The molecule has 0 atom stereocenters. The summed E-state index contributed by atoms with van der Waals surface area (Å²) in [7, 11) is 0. The molecule has 20 heavy (non-hydrogen) atoms. The molecule has 1 aromatic carbocycles. The average molecular weight is 272 g/mol. The number of fused-ring (bicyclic) bond motifs is 1. The van der Waals surface area contributed by atoms with Gasteiger partial charge in [0.05, 0.1) is 5.52 Å². The Labute approximate surface area is 120 Å². The fourth-order valence-electron chi connectivity index (χ4n) is 2.83. The van der Waals surface area contributed by atoms with Crippen LogP contribution in [-0.4, -0.2) is 23.0 Å². The van der Waals surface area contributed by atoms with Gasteiger partial charge in [-0.1, -0.05) is 19.9 Å². The maximum absolute atomic E-state index is 12.8. The topological polar surface area (TPSA) is 36.1 Å². The number of H-pyrrole nitrogens is 1. The lowest BCUT2D eigenvalue weighted by molar-refractivity contribution is 0.294. The number of pyridine rings is 1. The molecule has 0 saturated heterocycles. The zero-order valence-electron chi connectivity index (χ0n) is 13.1. The Morgan fingerprint density at radius 3 is 2.35 bits per heavy atom. The lowest BCUT2D eigenvalue weighted by Gasteiger charge is -2.19. The molecule has 1 N–H and O–H groups in total. The summed E-state index contributed by atoms with van der Waals surface area (Å²) in [5.74, 6) is 0. The minimum atomic E-state index is 0.181. The van der Waals surface area contributed by atoms with Gasteiger partial charge in [0, 0.05) is 23.2 Å². The lowest BCUT2D eigenvalue weighted by atomic mass is 10.0. The molecule has 0 aliphatic carbocycles. The van der Waals surface area contributed by atoms with E-state index in [0.717, 1.165) is 47.4 Å². The van der Waals surface area contributed by atoms with E-state index in [1.807, 2.05) is 13.8 Å². The van der Waals surface area contributed by atoms with Crippen LogP contribution in [-0.2, 0) is 6.54 Å². The van der Waals surface area contributed by atoms with Gasteiger partial charge in [-0.15, -0.1) is 0 Å². The first kappa shape index (κ1) is 14.8. The van der Waals surface area contributed by atoms with Gasteiger partial charge in [-0.2, -0.15) is 0 Å². The predicted octanol–water partition coefficient (Wildman–Crippen LogP) is 3.30. The highest BCUT2D eigenvalue weighted by atomic mass is 16.1. The SMILES string of the molecule is CCN(CC)Cc1c(C)[nH]c2cc(C)cc(C)c2c1=O. The Kier molecular flexibility index (Phi) is 4.29. The number of nitrogens with one attached hydrogen (secondary N) is 1. The van der Waals surface area contributed by atoms with Gasteiger partial charge in [0.15, 0.2) is 5.43 Å². The number of nitrogens with zero attached hydrogens (tertiary/aromatic N) is 1. The van der Waals surface area contributed by atoms with Crippen molar-refractivity contribution in [1.29, 1.82) is 0 Å². The Morgan fingerprint density at radius 1 is 1.10 bits per heavy atom. The summed E-state index contributed by atoms with van der Waals surface area (Å²) in [6, 6.07) is 4.13. The van der Waals surface area contributed by atoms with Crippen LogP contribution in [0.2, 0.25) is 0 Å². The molecule has 1 aromatic heterocycles. The van der Waals surface area contributed by atoms with E-state index >= 15 is 0 Å². The monoisotopic (exact) mass is 272 g/mol. The Hall–Kier alpha value is -1.61. The van der Waals surface area contributed by atoms with Crippen LogP contribution < -0.4 is 5.43 Å². The van der Waals surface area contributed by atoms with Gasteiger partial charge < -0.3 is 4.98 Å². The molecule has 0 spiro atoms. The minimum absolute atomic E-state index is 0.181. The number of aryl methyl sites for hydroxylation is 3. The largest absolute Gasteiger partial charge is 0.358 e. The van der Waals surface area contributed by atoms with Crippen molar-refractivity contribution in [2.75, 3.05) is 13.1 Å². The summed E-state index contributed by atoms with van der Waals surface area (Å²) < 4.78 is 0. The van der Waals surface area contributed by atoms with E-state index in [9.17, 15) is 4.79 Å². The van der Waals surface area contributed by atoms with Crippen molar-refractivity contribution in [3.8, 4) is 0 Å². The summed E-state index contributed by atoms with van der Waals surface area (Å²) in [6.45, 7) is 13.0. The maximum atomic E-state index is 12.8. The van der Waals surface area contributed by atoms with Gasteiger partial charge in [-0.3, -0.25) is 9.69 Å². The first-order valence-electron chi connectivity index (χ1n) is 7.33. The van der Waals surface area contributed by atoms with Crippen molar-refractivity contribution in [3.05, 3.63) is 44.7 Å².